The minimum atomic E-state index is -0.859. The lowest BCUT2D eigenvalue weighted by atomic mass is 9.92. The summed E-state index contributed by atoms with van der Waals surface area (Å²) in [5.41, 5.74) is -0.593. The van der Waals surface area contributed by atoms with Gasteiger partial charge in [0.2, 0.25) is 0 Å². The highest BCUT2D eigenvalue weighted by molar-refractivity contribution is 5.73. The molecule has 2 rings (SSSR count). The number of morpholine rings is 1. The van der Waals surface area contributed by atoms with Gasteiger partial charge in [-0.15, -0.1) is 0 Å². The van der Waals surface area contributed by atoms with Gasteiger partial charge < -0.3 is 19.5 Å². The van der Waals surface area contributed by atoms with Crippen molar-refractivity contribution < 1.29 is 24.2 Å². The molecule has 0 aromatic rings. The SMILES string of the molecule is CC1CN(C2CC(C(=O)O)CN(C(=O)OC(C)(C)C)C2)CC(C)O1. The number of hydrogen-bond acceptors (Lipinski definition) is 5. The number of likely N-dealkylation sites (tertiary alicyclic amines) is 1. The second-order valence-electron chi connectivity index (χ2n) is 8.02. The first kappa shape index (κ1) is 19.0. The Morgan fingerprint density at radius 2 is 1.67 bits per heavy atom. The van der Waals surface area contributed by atoms with Gasteiger partial charge in [0.05, 0.1) is 18.1 Å². The molecule has 2 aliphatic rings. The lowest BCUT2D eigenvalue weighted by molar-refractivity contribution is -0.145. The summed E-state index contributed by atoms with van der Waals surface area (Å²) in [5, 5.41) is 9.47. The van der Waals surface area contributed by atoms with E-state index in [1.807, 2.05) is 34.6 Å². The van der Waals surface area contributed by atoms with Gasteiger partial charge in [-0.1, -0.05) is 0 Å². The molecule has 7 heteroatoms. The molecule has 24 heavy (non-hydrogen) atoms. The van der Waals surface area contributed by atoms with Gasteiger partial charge in [0.15, 0.2) is 0 Å². The van der Waals surface area contributed by atoms with Crippen LogP contribution >= 0.6 is 0 Å². The largest absolute Gasteiger partial charge is 0.481 e. The maximum absolute atomic E-state index is 12.4. The smallest absolute Gasteiger partial charge is 0.410 e. The Hall–Kier alpha value is -1.34. The number of carbonyl (C=O) groups is 2. The number of ether oxygens (including phenoxy) is 2. The number of piperidine rings is 1. The van der Waals surface area contributed by atoms with Crippen molar-refractivity contribution in [3.63, 3.8) is 0 Å². The number of nitrogens with zero attached hydrogens (tertiary/aromatic N) is 2. The van der Waals surface area contributed by atoms with Gasteiger partial charge in [0.1, 0.15) is 5.60 Å². The van der Waals surface area contributed by atoms with Crippen molar-refractivity contribution >= 4 is 12.1 Å². The van der Waals surface area contributed by atoms with Crippen LogP contribution in [0.4, 0.5) is 4.79 Å². The highest BCUT2D eigenvalue weighted by Gasteiger charge is 2.39. The predicted molar refractivity (Wildman–Crippen MR) is 88.9 cm³/mol. The van der Waals surface area contributed by atoms with E-state index in [1.54, 1.807) is 4.90 Å². The molecule has 2 aliphatic heterocycles. The van der Waals surface area contributed by atoms with E-state index < -0.39 is 23.6 Å². The Morgan fingerprint density at radius 3 is 2.17 bits per heavy atom. The van der Waals surface area contributed by atoms with Crippen LogP contribution in [0, 0.1) is 5.92 Å². The minimum absolute atomic E-state index is 0.0150. The van der Waals surface area contributed by atoms with Crippen LogP contribution < -0.4 is 0 Å². The van der Waals surface area contributed by atoms with Crippen molar-refractivity contribution in [3.8, 4) is 0 Å². The summed E-state index contributed by atoms with van der Waals surface area (Å²) < 4.78 is 11.2. The lowest BCUT2D eigenvalue weighted by Gasteiger charge is -2.45. The van der Waals surface area contributed by atoms with E-state index in [4.69, 9.17) is 9.47 Å². The third kappa shape index (κ3) is 5.08. The molecular weight excluding hydrogens is 312 g/mol. The van der Waals surface area contributed by atoms with Crippen LogP contribution in [0.2, 0.25) is 0 Å². The van der Waals surface area contributed by atoms with Crippen molar-refractivity contribution in [2.24, 2.45) is 5.92 Å². The van der Waals surface area contributed by atoms with Crippen LogP contribution in [0.5, 0.6) is 0 Å². The number of carboxylic acids is 1. The third-order valence-electron chi connectivity index (χ3n) is 4.39. The van der Waals surface area contributed by atoms with E-state index in [0.29, 0.717) is 13.0 Å². The average Bonchev–Trinajstić information content (AvgIpc) is 2.43. The van der Waals surface area contributed by atoms with Crippen LogP contribution in [0.25, 0.3) is 0 Å². The molecule has 0 aromatic heterocycles. The molecule has 0 aromatic carbocycles. The van der Waals surface area contributed by atoms with Gasteiger partial charge in [-0.2, -0.15) is 0 Å². The molecule has 1 N–H and O–H groups in total. The van der Waals surface area contributed by atoms with Gasteiger partial charge in [0, 0.05) is 32.2 Å². The second kappa shape index (κ2) is 7.27. The number of aliphatic carboxylic acids is 1. The maximum Gasteiger partial charge on any atom is 0.410 e. The lowest BCUT2D eigenvalue weighted by Crippen LogP contribution is -2.58. The Balaban J connectivity index is 2.10. The highest BCUT2D eigenvalue weighted by atomic mass is 16.6. The van der Waals surface area contributed by atoms with Gasteiger partial charge in [-0.25, -0.2) is 4.79 Å². The van der Waals surface area contributed by atoms with Crippen molar-refractivity contribution in [1.82, 2.24) is 9.80 Å². The predicted octanol–water partition coefficient (Wildman–Crippen LogP) is 1.81. The zero-order valence-electron chi connectivity index (χ0n) is 15.3. The van der Waals surface area contributed by atoms with Crippen molar-refractivity contribution in [1.29, 1.82) is 0 Å². The zero-order chi connectivity index (χ0) is 18.1. The Kier molecular flexibility index (Phi) is 5.75. The van der Waals surface area contributed by atoms with E-state index in [-0.39, 0.29) is 24.8 Å². The number of carboxylic acid groups (broad SMARTS) is 1. The maximum atomic E-state index is 12.4. The quantitative estimate of drug-likeness (QED) is 0.824. The first-order chi connectivity index (χ1) is 11.0. The summed E-state index contributed by atoms with van der Waals surface area (Å²) in [5.74, 6) is -1.42. The fourth-order valence-electron chi connectivity index (χ4n) is 3.51. The minimum Gasteiger partial charge on any atom is -0.481 e. The van der Waals surface area contributed by atoms with Crippen molar-refractivity contribution in [2.75, 3.05) is 26.2 Å². The van der Waals surface area contributed by atoms with Gasteiger partial charge in [0.25, 0.3) is 0 Å². The normalized spacial score (nSPS) is 32.5. The molecule has 0 spiro atoms. The zero-order valence-corrected chi connectivity index (χ0v) is 15.3. The summed E-state index contributed by atoms with van der Waals surface area (Å²) >= 11 is 0. The van der Waals surface area contributed by atoms with Gasteiger partial charge in [-0.3, -0.25) is 9.69 Å². The fourth-order valence-corrected chi connectivity index (χ4v) is 3.51. The van der Waals surface area contributed by atoms with Crippen LogP contribution in [-0.2, 0) is 14.3 Å². The molecule has 2 saturated heterocycles. The Morgan fingerprint density at radius 1 is 1.08 bits per heavy atom. The Bertz CT molecular complexity index is 466. The molecule has 0 radical (unpaired) electrons. The van der Waals surface area contributed by atoms with E-state index in [9.17, 15) is 14.7 Å². The summed E-state index contributed by atoms with van der Waals surface area (Å²) in [4.78, 5) is 27.7. The van der Waals surface area contributed by atoms with Crippen LogP contribution in [0.3, 0.4) is 0 Å². The van der Waals surface area contributed by atoms with Crippen LogP contribution in [0.1, 0.15) is 41.0 Å². The van der Waals surface area contributed by atoms with Crippen LogP contribution in [0.15, 0.2) is 0 Å². The molecule has 1 amide bonds. The standard InChI is InChI=1S/C17H30N2O5/c1-11-7-18(8-12(2)23-11)14-6-13(15(20)21)9-19(10-14)16(22)24-17(3,4)5/h11-14H,6-10H2,1-5H3,(H,20,21). The molecule has 4 unspecified atom stereocenters. The molecule has 0 aliphatic carbocycles. The first-order valence-corrected chi connectivity index (χ1v) is 8.65. The summed E-state index contributed by atoms with van der Waals surface area (Å²) in [6, 6.07) is 0.0150. The van der Waals surface area contributed by atoms with E-state index in [1.165, 1.54) is 0 Å². The molecule has 4 atom stereocenters. The topological polar surface area (TPSA) is 79.3 Å². The fraction of sp³-hybridized carbons (Fsp3) is 0.882. The van der Waals surface area contributed by atoms with E-state index in [2.05, 4.69) is 4.90 Å². The Labute approximate surface area is 143 Å². The molecule has 7 nitrogen and oxygen atoms in total. The van der Waals surface area contributed by atoms with Crippen molar-refractivity contribution in [3.05, 3.63) is 0 Å². The molecule has 0 saturated carbocycles. The number of carbonyl (C=O) groups excluding carboxylic acids is 1. The second-order valence-corrected chi connectivity index (χ2v) is 8.02. The van der Waals surface area contributed by atoms with E-state index in [0.717, 1.165) is 13.1 Å². The molecule has 138 valence electrons. The number of amides is 1. The summed E-state index contributed by atoms with van der Waals surface area (Å²) in [6.45, 7) is 11.7. The van der Waals surface area contributed by atoms with Crippen LogP contribution in [-0.4, -0.2) is 77.0 Å². The van der Waals surface area contributed by atoms with Gasteiger partial charge in [-0.05, 0) is 41.0 Å². The highest BCUT2D eigenvalue weighted by Crippen LogP contribution is 2.25. The summed E-state index contributed by atoms with van der Waals surface area (Å²) in [7, 11) is 0. The van der Waals surface area contributed by atoms with Gasteiger partial charge >= 0.3 is 12.1 Å². The number of rotatable bonds is 2. The molecule has 2 fully saturated rings. The number of hydrogen-bond donors (Lipinski definition) is 1. The van der Waals surface area contributed by atoms with E-state index >= 15 is 0 Å². The first-order valence-electron chi connectivity index (χ1n) is 8.65. The molecule has 2 heterocycles. The molecular formula is C17H30N2O5. The third-order valence-corrected chi connectivity index (χ3v) is 4.39. The van der Waals surface area contributed by atoms with Crippen molar-refractivity contribution in [2.45, 2.75) is 64.9 Å². The summed E-state index contributed by atoms with van der Waals surface area (Å²) in [6.07, 6.45) is 0.323. The molecule has 0 bridgehead atoms. The monoisotopic (exact) mass is 342 g/mol. The average molecular weight is 342 g/mol.